The van der Waals surface area contributed by atoms with Crippen molar-refractivity contribution >= 4 is 0 Å². The maximum atomic E-state index is 2.42. The fraction of sp³-hybridized carbons (Fsp3) is 0.765. The van der Waals surface area contributed by atoms with Crippen molar-refractivity contribution in [2.45, 2.75) is 78.6 Å². The van der Waals surface area contributed by atoms with Crippen molar-refractivity contribution in [2.24, 2.45) is 5.92 Å². The van der Waals surface area contributed by atoms with E-state index >= 15 is 0 Å². The second-order valence-electron chi connectivity index (χ2n) is 6.13. The Bertz CT molecular complexity index is 330. The third kappa shape index (κ3) is 3.03. The van der Waals surface area contributed by atoms with Gasteiger partial charge in [0.1, 0.15) is 0 Å². The summed E-state index contributed by atoms with van der Waals surface area (Å²) in [5.41, 5.74) is 6.92. The molecule has 0 N–H and O–H groups in total. The van der Waals surface area contributed by atoms with Crippen LogP contribution in [0.5, 0.6) is 0 Å². The summed E-state index contributed by atoms with van der Waals surface area (Å²) in [6.07, 6.45) is 12.6. The van der Waals surface area contributed by atoms with Gasteiger partial charge in [-0.25, -0.2) is 0 Å². The van der Waals surface area contributed by atoms with Gasteiger partial charge in [-0.15, -0.1) is 0 Å². The van der Waals surface area contributed by atoms with Crippen LogP contribution in [0.3, 0.4) is 0 Å². The monoisotopic (exact) mass is 232 g/mol. The highest BCUT2D eigenvalue weighted by Gasteiger charge is 2.19. The Balaban J connectivity index is 2.32. The molecule has 0 saturated heterocycles. The molecule has 0 amide bonds. The molecule has 2 aliphatic carbocycles. The molecule has 17 heavy (non-hydrogen) atoms. The van der Waals surface area contributed by atoms with E-state index in [-0.39, 0.29) is 0 Å². The van der Waals surface area contributed by atoms with Gasteiger partial charge < -0.3 is 0 Å². The normalized spacial score (nSPS) is 28.1. The standard InChI is InChI=1S/C17H28/c1-13-9-7-8-12-17(15(13)3)16-11-6-4-5-10-14(16)2/h13H,4-12H2,1-3H3. The van der Waals surface area contributed by atoms with Crippen LogP contribution in [0.25, 0.3) is 0 Å². The van der Waals surface area contributed by atoms with Crippen molar-refractivity contribution in [1.29, 1.82) is 0 Å². The Morgan fingerprint density at radius 1 is 0.765 bits per heavy atom. The summed E-state index contributed by atoms with van der Waals surface area (Å²) in [7, 11) is 0. The minimum Gasteiger partial charge on any atom is -0.0698 e. The molecule has 0 aliphatic heterocycles. The lowest BCUT2D eigenvalue weighted by Crippen LogP contribution is -2.01. The van der Waals surface area contributed by atoms with E-state index < -0.39 is 0 Å². The Morgan fingerprint density at radius 3 is 2.24 bits per heavy atom. The van der Waals surface area contributed by atoms with Crippen molar-refractivity contribution in [3.63, 3.8) is 0 Å². The van der Waals surface area contributed by atoms with Crippen LogP contribution in [0.4, 0.5) is 0 Å². The summed E-state index contributed by atoms with van der Waals surface area (Å²) in [5, 5.41) is 0. The molecule has 96 valence electrons. The third-order valence-corrected chi connectivity index (χ3v) is 4.89. The lowest BCUT2D eigenvalue weighted by atomic mass is 9.87. The molecule has 0 aromatic carbocycles. The Labute approximate surface area is 107 Å². The zero-order chi connectivity index (χ0) is 12.3. The molecule has 0 spiro atoms. The molecule has 0 heteroatoms. The van der Waals surface area contributed by atoms with Crippen LogP contribution in [-0.2, 0) is 0 Å². The van der Waals surface area contributed by atoms with Gasteiger partial charge in [-0.3, -0.25) is 0 Å². The summed E-state index contributed by atoms with van der Waals surface area (Å²) in [6, 6.07) is 0. The molecular formula is C17H28. The molecule has 0 heterocycles. The van der Waals surface area contributed by atoms with Gasteiger partial charge in [-0.2, -0.15) is 0 Å². The molecule has 0 aromatic heterocycles. The Morgan fingerprint density at radius 2 is 1.41 bits per heavy atom. The van der Waals surface area contributed by atoms with Crippen LogP contribution < -0.4 is 0 Å². The van der Waals surface area contributed by atoms with E-state index in [2.05, 4.69) is 20.8 Å². The zero-order valence-electron chi connectivity index (χ0n) is 11.9. The van der Waals surface area contributed by atoms with Gasteiger partial charge in [0.15, 0.2) is 0 Å². The molecular weight excluding hydrogens is 204 g/mol. The van der Waals surface area contributed by atoms with Crippen LogP contribution >= 0.6 is 0 Å². The minimum atomic E-state index is 0.816. The second kappa shape index (κ2) is 5.89. The summed E-state index contributed by atoms with van der Waals surface area (Å²) in [6.45, 7) is 7.21. The fourth-order valence-electron chi connectivity index (χ4n) is 3.49. The number of hydrogen-bond acceptors (Lipinski definition) is 0. The molecule has 0 fully saturated rings. The van der Waals surface area contributed by atoms with Gasteiger partial charge in [0.05, 0.1) is 0 Å². The predicted molar refractivity (Wildman–Crippen MR) is 76.1 cm³/mol. The number of allylic oxidation sites excluding steroid dienone is 4. The van der Waals surface area contributed by atoms with Crippen molar-refractivity contribution < 1.29 is 0 Å². The SMILES string of the molecule is CC1=C(C2=C(C)C(C)CCCC2)CCCCC1. The second-order valence-corrected chi connectivity index (χ2v) is 6.13. The van der Waals surface area contributed by atoms with E-state index in [1.165, 1.54) is 57.8 Å². The van der Waals surface area contributed by atoms with Gasteiger partial charge in [0.25, 0.3) is 0 Å². The Kier molecular flexibility index (Phi) is 4.48. The molecule has 1 unspecified atom stereocenters. The lowest BCUT2D eigenvalue weighted by molar-refractivity contribution is 0.583. The highest BCUT2D eigenvalue weighted by atomic mass is 14.2. The van der Waals surface area contributed by atoms with E-state index in [0.29, 0.717) is 0 Å². The minimum absolute atomic E-state index is 0.816. The number of rotatable bonds is 1. The maximum Gasteiger partial charge on any atom is -0.0229 e. The maximum absolute atomic E-state index is 2.42. The average Bonchev–Trinajstić information content (AvgIpc) is 2.61. The fourth-order valence-corrected chi connectivity index (χ4v) is 3.49. The Hall–Kier alpha value is -0.520. The third-order valence-electron chi connectivity index (χ3n) is 4.89. The summed E-state index contributed by atoms with van der Waals surface area (Å²) in [5.74, 6) is 0.816. The summed E-state index contributed by atoms with van der Waals surface area (Å²) in [4.78, 5) is 0. The van der Waals surface area contributed by atoms with E-state index in [1.807, 2.05) is 0 Å². The first-order valence-electron chi connectivity index (χ1n) is 7.58. The molecule has 2 aliphatic rings. The summed E-state index contributed by atoms with van der Waals surface area (Å²) < 4.78 is 0. The van der Waals surface area contributed by atoms with Crippen LogP contribution in [0.15, 0.2) is 22.3 Å². The van der Waals surface area contributed by atoms with Gasteiger partial charge in [0, 0.05) is 0 Å². The van der Waals surface area contributed by atoms with Gasteiger partial charge in [-0.1, -0.05) is 30.9 Å². The highest BCUT2D eigenvalue weighted by molar-refractivity contribution is 5.39. The van der Waals surface area contributed by atoms with Crippen LogP contribution in [0.2, 0.25) is 0 Å². The average molecular weight is 232 g/mol. The van der Waals surface area contributed by atoms with E-state index in [4.69, 9.17) is 0 Å². The zero-order valence-corrected chi connectivity index (χ0v) is 11.9. The van der Waals surface area contributed by atoms with Crippen molar-refractivity contribution in [1.82, 2.24) is 0 Å². The first-order valence-corrected chi connectivity index (χ1v) is 7.58. The van der Waals surface area contributed by atoms with Crippen LogP contribution in [0.1, 0.15) is 78.6 Å². The van der Waals surface area contributed by atoms with Crippen molar-refractivity contribution in [3.8, 4) is 0 Å². The molecule has 1 atom stereocenters. The molecule has 0 nitrogen and oxygen atoms in total. The molecule has 0 aromatic rings. The highest BCUT2D eigenvalue weighted by Crippen LogP contribution is 2.37. The van der Waals surface area contributed by atoms with E-state index in [9.17, 15) is 0 Å². The van der Waals surface area contributed by atoms with Gasteiger partial charge in [-0.05, 0) is 75.9 Å². The first-order chi connectivity index (χ1) is 8.20. The summed E-state index contributed by atoms with van der Waals surface area (Å²) >= 11 is 0. The predicted octanol–water partition coefficient (Wildman–Crippen LogP) is 5.79. The van der Waals surface area contributed by atoms with Crippen LogP contribution in [0, 0.1) is 5.92 Å². The molecule has 0 bridgehead atoms. The first kappa shape index (κ1) is 12.9. The van der Waals surface area contributed by atoms with Gasteiger partial charge in [0.2, 0.25) is 0 Å². The topological polar surface area (TPSA) is 0 Å². The van der Waals surface area contributed by atoms with E-state index in [0.717, 1.165) is 5.92 Å². The van der Waals surface area contributed by atoms with Gasteiger partial charge >= 0.3 is 0 Å². The number of hydrogen-bond donors (Lipinski definition) is 0. The largest absolute Gasteiger partial charge is 0.0698 e. The van der Waals surface area contributed by atoms with Crippen molar-refractivity contribution in [3.05, 3.63) is 22.3 Å². The van der Waals surface area contributed by atoms with Crippen molar-refractivity contribution in [2.75, 3.05) is 0 Å². The quantitative estimate of drug-likeness (QED) is 0.536. The lowest BCUT2D eigenvalue weighted by Gasteiger charge is -2.18. The van der Waals surface area contributed by atoms with Crippen LogP contribution in [-0.4, -0.2) is 0 Å². The molecule has 2 rings (SSSR count). The van der Waals surface area contributed by atoms with E-state index in [1.54, 1.807) is 22.3 Å². The molecule has 0 saturated carbocycles. The molecule has 0 radical (unpaired) electrons. The smallest absolute Gasteiger partial charge is 0.0229 e.